The Morgan fingerprint density at radius 2 is 1.80 bits per heavy atom. The minimum Gasteiger partial charge on any atom is -0.467 e. The topological polar surface area (TPSA) is 134 Å². The number of methoxy groups -OCH3 is 2. The summed E-state index contributed by atoms with van der Waals surface area (Å²) in [5.41, 5.74) is 0.406. The number of carbonyl (C=O) groups excluding carboxylic acids is 1. The summed E-state index contributed by atoms with van der Waals surface area (Å²) in [6.07, 6.45) is 0.985. The van der Waals surface area contributed by atoms with Crippen LogP contribution < -0.4 is 20.5 Å². The Morgan fingerprint density at radius 1 is 1.12 bits per heavy atom. The molecule has 0 aliphatic rings. The van der Waals surface area contributed by atoms with Crippen molar-refractivity contribution in [3.05, 3.63) is 46.8 Å². The van der Waals surface area contributed by atoms with E-state index in [0.29, 0.717) is 0 Å². The van der Waals surface area contributed by atoms with Crippen molar-refractivity contribution < 1.29 is 18.7 Å². The Balaban J connectivity index is 1.95. The highest BCUT2D eigenvalue weighted by atomic mass is 16.5. The van der Waals surface area contributed by atoms with E-state index in [1.54, 1.807) is 18.2 Å². The Labute approximate surface area is 140 Å². The van der Waals surface area contributed by atoms with Crippen LogP contribution in [0.2, 0.25) is 0 Å². The molecule has 3 rings (SSSR count). The molecule has 2 aromatic heterocycles. The van der Waals surface area contributed by atoms with Crippen LogP contribution in [0.1, 0.15) is 10.4 Å². The minimum absolute atomic E-state index is 0.0249. The predicted octanol–water partition coefficient (Wildman–Crippen LogP) is 0.280. The molecule has 2 heterocycles. The Morgan fingerprint density at radius 3 is 2.40 bits per heavy atom. The van der Waals surface area contributed by atoms with Crippen LogP contribution in [-0.4, -0.2) is 44.9 Å². The van der Waals surface area contributed by atoms with Gasteiger partial charge in [-0.15, -0.1) is 10.1 Å². The summed E-state index contributed by atoms with van der Waals surface area (Å²) in [6.45, 7) is 0. The second-order valence-electron chi connectivity index (χ2n) is 4.52. The lowest BCUT2D eigenvalue weighted by Crippen LogP contribution is -2.21. The third kappa shape index (κ3) is 3.29. The number of ether oxygens (including phenoxy) is 2. The van der Waals surface area contributed by atoms with Gasteiger partial charge >= 0.3 is 17.8 Å². The average molecular weight is 344 g/mol. The molecule has 0 unspecified atom stereocenters. The zero-order chi connectivity index (χ0) is 17.8. The highest BCUT2D eigenvalue weighted by molar-refractivity contribution is 6.05. The summed E-state index contributed by atoms with van der Waals surface area (Å²) >= 11 is 0. The van der Waals surface area contributed by atoms with E-state index in [1.165, 1.54) is 20.3 Å². The number of rotatable bonds is 5. The Bertz CT molecular complexity index is 944. The van der Waals surface area contributed by atoms with Crippen LogP contribution in [0.4, 0.5) is 5.95 Å². The van der Waals surface area contributed by atoms with E-state index in [2.05, 4.69) is 29.8 Å². The molecule has 0 radical (unpaired) electrons. The zero-order valence-corrected chi connectivity index (χ0v) is 13.2. The van der Waals surface area contributed by atoms with E-state index in [4.69, 9.17) is 9.47 Å². The van der Waals surface area contributed by atoms with Crippen LogP contribution in [-0.2, 0) is 0 Å². The second kappa shape index (κ2) is 6.78. The van der Waals surface area contributed by atoms with Gasteiger partial charge in [0.2, 0.25) is 12.3 Å². The zero-order valence-electron chi connectivity index (χ0n) is 13.2. The molecule has 3 aromatic rings. The number of anilines is 1. The summed E-state index contributed by atoms with van der Waals surface area (Å²) in [5.74, 6) is -1.36. The van der Waals surface area contributed by atoms with Crippen LogP contribution in [0.25, 0.3) is 5.69 Å². The smallest absolute Gasteiger partial charge is 0.441 e. The molecule has 1 N–H and O–H groups in total. The number of amides is 1. The van der Waals surface area contributed by atoms with Gasteiger partial charge in [-0.1, -0.05) is 12.1 Å². The van der Waals surface area contributed by atoms with Gasteiger partial charge in [0.15, 0.2) is 0 Å². The predicted molar refractivity (Wildman–Crippen MR) is 83.0 cm³/mol. The highest BCUT2D eigenvalue weighted by Gasteiger charge is 2.17. The highest BCUT2D eigenvalue weighted by Crippen LogP contribution is 2.16. The third-order valence-electron chi connectivity index (χ3n) is 3.05. The van der Waals surface area contributed by atoms with Crippen LogP contribution in [0.3, 0.4) is 0 Å². The van der Waals surface area contributed by atoms with Gasteiger partial charge in [-0.3, -0.25) is 10.1 Å². The maximum atomic E-state index is 12.6. The monoisotopic (exact) mass is 344 g/mol. The standard InChI is InChI=1S/C14H12N6O5/c1-23-12-17-11(18-13(19-12)24-2)16-10(21)8-5-3-4-6-9(8)20-14(22)25-7-15-20/h3-7H,1-2H3,(H,16,17,18,19,21). The van der Waals surface area contributed by atoms with Crippen LogP contribution in [0.15, 0.2) is 39.9 Å². The molecule has 0 spiro atoms. The van der Waals surface area contributed by atoms with Crippen LogP contribution in [0, 0.1) is 0 Å². The van der Waals surface area contributed by atoms with Crippen molar-refractivity contribution in [1.82, 2.24) is 24.7 Å². The van der Waals surface area contributed by atoms with E-state index in [9.17, 15) is 9.59 Å². The van der Waals surface area contributed by atoms with Crippen molar-refractivity contribution in [3.63, 3.8) is 0 Å². The van der Waals surface area contributed by atoms with E-state index < -0.39 is 11.7 Å². The fourth-order valence-electron chi connectivity index (χ4n) is 1.97. The molecule has 1 aromatic carbocycles. The molecule has 11 heteroatoms. The normalized spacial score (nSPS) is 10.3. The summed E-state index contributed by atoms with van der Waals surface area (Å²) in [5, 5.41) is 6.26. The average Bonchev–Trinajstić information content (AvgIpc) is 3.07. The van der Waals surface area contributed by atoms with Gasteiger partial charge in [0.1, 0.15) is 0 Å². The van der Waals surface area contributed by atoms with Crippen molar-refractivity contribution in [1.29, 1.82) is 0 Å². The van der Waals surface area contributed by atoms with Crippen molar-refractivity contribution >= 4 is 11.9 Å². The van der Waals surface area contributed by atoms with Gasteiger partial charge in [0.25, 0.3) is 5.91 Å². The molecule has 0 aliphatic carbocycles. The lowest BCUT2D eigenvalue weighted by molar-refractivity contribution is 0.102. The third-order valence-corrected chi connectivity index (χ3v) is 3.05. The van der Waals surface area contributed by atoms with Gasteiger partial charge in [-0.2, -0.15) is 14.6 Å². The second-order valence-corrected chi connectivity index (χ2v) is 4.52. The molecule has 0 fully saturated rings. The van der Waals surface area contributed by atoms with E-state index >= 15 is 0 Å². The maximum Gasteiger partial charge on any atom is 0.441 e. The molecule has 0 aliphatic heterocycles. The SMILES string of the molecule is COc1nc(NC(=O)c2ccccc2-n2ncoc2=O)nc(OC)n1. The number of benzene rings is 1. The van der Waals surface area contributed by atoms with Gasteiger partial charge in [0, 0.05) is 0 Å². The molecule has 0 atom stereocenters. The summed E-state index contributed by atoms with van der Waals surface area (Å²) < 4.78 is 15.4. The molecular formula is C14H12N6O5. The number of para-hydroxylation sites is 1. The molecule has 1 amide bonds. The van der Waals surface area contributed by atoms with Gasteiger partial charge < -0.3 is 13.9 Å². The van der Waals surface area contributed by atoms with Crippen molar-refractivity contribution in [2.45, 2.75) is 0 Å². The van der Waals surface area contributed by atoms with Crippen molar-refractivity contribution in [3.8, 4) is 17.7 Å². The number of nitrogens with one attached hydrogen (secondary N) is 1. The minimum atomic E-state index is -0.719. The van der Waals surface area contributed by atoms with Gasteiger partial charge in [-0.05, 0) is 12.1 Å². The van der Waals surface area contributed by atoms with Crippen LogP contribution in [0.5, 0.6) is 12.0 Å². The van der Waals surface area contributed by atoms with Gasteiger partial charge in [0.05, 0.1) is 25.5 Å². The van der Waals surface area contributed by atoms with Crippen molar-refractivity contribution in [2.24, 2.45) is 0 Å². The molecular weight excluding hydrogens is 332 g/mol. The molecule has 0 saturated carbocycles. The molecule has 25 heavy (non-hydrogen) atoms. The molecule has 0 bridgehead atoms. The number of nitrogens with zero attached hydrogens (tertiary/aromatic N) is 5. The first-order chi connectivity index (χ1) is 12.1. The molecule has 0 saturated heterocycles. The lowest BCUT2D eigenvalue weighted by Gasteiger charge is -2.09. The summed E-state index contributed by atoms with van der Waals surface area (Å²) in [6, 6.07) is 6.31. The fraction of sp³-hybridized carbons (Fsp3) is 0.143. The number of aromatic nitrogens is 5. The Hall–Kier alpha value is -3.76. The Kier molecular flexibility index (Phi) is 4.37. The first-order valence-corrected chi connectivity index (χ1v) is 6.90. The number of hydrogen-bond donors (Lipinski definition) is 1. The van der Waals surface area contributed by atoms with Crippen LogP contribution >= 0.6 is 0 Å². The largest absolute Gasteiger partial charge is 0.467 e. The fourth-order valence-corrected chi connectivity index (χ4v) is 1.97. The quantitative estimate of drug-likeness (QED) is 0.692. The van der Waals surface area contributed by atoms with E-state index in [1.807, 2.05) is 0 Å². The summed E-state index contributed by atoms with van der Waals surface area (Å²) in [4.78, 5) is 35.9. The molecule has 11 nitrogen and oxygen atoms in total. The van der Waals surface area contributed by atoms with Crippen molar-refractivity contribution in [2.75, 3.05) is 19.5 Å². The maximum absolute atomic E-state index is 12.6. The number of carbonyl (C=O) groups is 1. The van der Waals surface area contributed by atoms with Gasteiger partial charge in [-0.25, -0.2) is 4.79 Å². The first kappa shape index (κ1) is 16.1. The summed E-state index contributed by atoms with van der Waals surface area (Å²) in [7, 11) is 2.74. The lowest BCUT2D eigenvalue weighted by atomic mass is 10.1. The first-order valence-electron chi connectivity index (χ1n) is 6.90. The number of hydrogen-bond acceptors (Lipinski definition) is 9. The van der Waals surface area contributed by atoms with E-state index in [0.717, 1.165) is 11.1 Å². The van der Waals surface area contributed by atoms with E-state index in [-0.39, 0.29) is 29.2 Å². The molecule has 128 valence electrons.